The number of hydrogen-bond acceptors (Lipinski definition) is 3. The van der Waals surface area contributed by atoms with Crippen LogP contribution >= 0.6 is 0 Å². The minimum Gasteiger partial charge on any atom is -0.355 e. The van der Waals surface area contributed by atoms with E-state index in [1.165, 1.54) is 12.1 Å². The monoisotopic (exact) mass is 364 g/mol. The highest BCUT2D eigenvalue weighted by Gasteiger charge is 2.13. The van der Waals surface area contributed by atoms with E-state index in [4.69, 9.17) is 0 Å². The van der Waals surface area contributed by atoms with Gasteiger partial charge >= 0.3 is 0 Å². The third-order valence-corrected chi connectivity index (χ3v) is 3.93. The smallest absolute Gasteiger partial charge is 0.191 e. The van der Waals surface area contributed by atoms with Gasteiger partial charge in [-0.2, -0.15) is 0 Å². The van der Waals surface area contributed by atoms with Gasteiger partial charge in [-0.15, -0.1) is 10.2 Å². The number of rotatable bonds is 8. The molecule has 0 fully saturated rings. The summed E-state index contributed by atoms with van der Waals surface area (Å²) >= 11 is 0. The third-order valence-electron chi connectivity index (χ3n) is 3.93. The Morgan fingerprint density at radius 2 is 2.12 bits per heavy atom. The number of aryl methyl sites for hydroxylation is 1. The highest BCUT2D eigenvalue weighted by Crippen LogP contribution is 2.17. The number of nitrogens with one attached hydrogen (secondary N) is 2. The van der Waals surface area contributed by atoms with Crippen molar-refractivity contribution in [3.63, 3.8) is 0 Å². The lowest BCUT2D eigenvalue weighted by Crippen LogP contribution is -2.40. The molecule has 2 aromatic rings. The molecule has 1 atom stereocenters. The number of halogens is 2. The minimum atomic E-state index is -0.586. The van der Waals surface area contributed by atoms with Crippen molar-refractivity contribution in [2.75, 3.05) is 13.1 Å². The van der Waals surface area contributed by atoms with Crippen LogP contribution in [0.1, 0.15) is 44.6 Å². The molecule has 1 aromatic carbocycles. The van der Waals surface area contributed by atoms with E-state index >= 15 is 0 Å². The number of nitrogens with zero attached hydrogens (tertiary/aromatic N) is 4. The van der Waals surface area contributed by atoms with Gasteiger partial charge in [0, 0.05) is 37.7 Å². The SMILES string of the molecule is CCCN=C(NCCn1cnnc1CC)NC(C)c1ccc(F)cc1F. The molecule has 0 saturated heterocycles. The molecule has 6 nitrogen and oxygen atoms in total. The van der Waals surface area contributed by atoms with E-state index in [1.54, 1.807) is 6.33 Å². The normalized spacial score (nSPS) is 12.9. The number of hydrogen-bond donors (Lipinski definition) is 2. The summed E-state index contributed by atoms with van der Waals surface area (Å²) in [6.07, 6.45) is 3.42. The molecule has 2 rings (SSSR count). The van der Waals surface area contributed by atoms with Gasteiger partial charge in [0.15, 0.2) is 5.96 Å². The topological polar surface area (TPSA) is 67.1 Å². The summed E-state index contributed by atoms with van der Waals surface area (Å²) in [7, 11) is 0. The van der Waals surface area contributed by atoms with Crippen molar-refractivity contribution in [1.82, 2.24) is 25.4 Å². The van der Waals surface area contributed by atoms with Crippen molar-refractivity contribution in [3.8, 4) is 0 Å². The van der Waals surface area contributed by atoms with Crippen LogP contribution in [0.3, 0.4) is 0 Å². The maximum absolute atomic E-state index is 14.0. The van der Waals surface area contributed by atoms with Gasteiger partial charge < -0.3 is 15.2 Å². The maximum Gasteiger partial charge on any atom is 0.191 e. The first-order valence-electron chi connectivity index (χ1n) is 8.91. The van der Waals surface area contributed by atoms with Gasteiger partial charge in [0.05, 0.1) is 6.04 Å². The second-order valence-corrected chi connectivity index (χ2v) is 5.98. The van der Waals surface area contributed by atoms with Gasteiger partial charge in [-0.05, 0) is 19.4 Å². The van der Waals surface area contributed by atoms with Crippen molar-refractivity contribution < 1.29 is 8.78 Å². The summed E-state index contributed by atoms with van der Waals surface area (Å²) in [4.78, 5) is 4.47. The van der Waals surface area contributed by atoms with E-state index in [0.717, 1.165) is 24.7 Å². The lowest BCUT2D eigenvalue weighted by Gasteiger charge is -2.19. The second-order valence-electron chi connectivity index (χ2n) is 5.98. The highest BCUT2D eigenvalue weighted by molar-refractivity contribution is 5.80. The molecule has 0 spiro atoms. The van der Waals surface area contributed by atoms with E-state index in [2.05, 4.69) is 25.8 Å². The molecule has 1 aromatic heterocycles. The maximum atomic E-state index is 14.0. The largest absolute Gasteiger partial charge is 0.355 e. The Morgan fingerprint density at radius 1 is 1.31 bits per heavy atom. The van der Waals surface area contributed by atoms with Crippen LogP contribution in [-0.2, 0) is 13.0 Å². The van der Waals surface area contributed by atoms with Gasteiger partial charge in [-0.25, -0.2) is 8.78 Å². The zero-order valence-corrected chi connectivity index (χ0v) is 15.5. The Balaban J connectivity index is 1.98. The first-order valence-corrected chi connectivity index (χ1v) is 8.91. The summed E-state index contributed by atoms with van der Waals surface area (Å²) in [5.41, 5.74) is 0.393. The highest BCUT2D eigenvalue weighted by atomic mass is 19.1. The standard InChI is InChI=1S/C18H26F2N6/c1-4-8-21-18(22-9-10-26-12-23-25-17(26)5-2)24-13(3)15-7-6-14(19)11-16(15)20/h6-7,11-13H,4-5,8-10H2,1-3H3,(H2,21,22,24). The fourth-order valence-electron chi connectivity index (χ4n) is 2.55. The third kappa shape index (κ3) is 5.50. The molecule has 0 aliphatic heterocycles. The first kappa shape index (κ1) is 19.8. The summed E-state index contributed by atoms with van der Waals surface area (Å²) < 4.78 is 29.0. The average molecular weight is 364 g/mol. The molecular weight excluding hydrogens is 338 g/mol. The Labute approximate surface area is 152 Å². The summed E-state index contributed by atoms with van der Waals surface area (Å²) in [6.45, 7) is 7.86. The van der Waals surface area contributed by atoms with Crippen molar-refractivity contribution in [3.05, 3.63) is 47.5 Å². The predicted octanol–water partition coefficient (Wildman–Crippen LogP) is 2.83. The molecule has 0 bridgehead atoms. The molecule has 2 N–H and O–H groups in total. The average Bonchev–Trinajstić information content (AvgIpc) is 3.06. The molecule has 142 valence electrons. The lowest BCUT2D eigenvalue weighted by molar-refractivity contribution is 0.549. The Kier molecular flexibility index (Phi) is 7.50. The number of aliphatic imine (C=N–C) groups is 1. The van der Waals surface area contributed by atoms with Crippen LogP contribution in [0.4, 0.5) is 8.78 Å². The first-order chi connectivity index (χ1) is 12.5. The van der Waals surface area contributed by atoms with E-state index in [9.17, 15) is 8.78 Å². The van der Waals surface area contributed by atoms with Gasteiger partial charge in [0.25, 0.3) is 0 Å². The molecular formula is C18H26F2N6. The summed E-state index contributed by atoms with van der Waals surface area (Å²) in [5.74, 6) is 0.358. The zero-order chi connectivity index (χ0) is 18.9. The summed E-state index contributed by atoms with van der Waals surface area (Å²) in [6, 6.07) is 3.25. The van der Waals surface area contributed by atoms with E-state index in [0.29, 0.717) is 31.2 Å². The van der Waals surface area contributed by atoms with Crippen molar-refractivity contribution in [2.24, 2.45) is 4.99 Å². The van der Waals surface area contributed by atoms with Crippen LogP contribution in [0, 0.1) is 11.6 Å². The Hall–Kier alpha value is -2.51. The van der Waals surface area contributed by atoms with E-state index in [-0.39, 0.29) is 6.04 Å². The predicted molar refractivity (Wildman–Crippen MR) is 97.9 cm³/mol. The quantitative estimate of drug-likeness (QED) is 0.558. The van der Waals surface area contributed by atoms with E-state index in [1.807, 2.05) is 25.3 Å². The fraction of sp³-hybridized carbons (Fsp3) is 0.500. The Morgan fingerprint density at radius 3 is 2.81 bits per heavy atom. The molecule has 0 radical (unpaired) electrons. The van der Waals surface area contributed by atoms with Gasteiger partial charge in [-0.3, -0.25) is 4.99 Å². The van der Waals surface area contributed by atoms with E-state index < -0.39 is 11.6 Å². The lowest BCUT2D eigenvalue weighted by atomic mass is 10.1. The van der Waals surface area contributed by atoms with Crippen LogP contribution in [0.5, 0.6) is 0 Å². The van der Waals surface area contributed by atoms with Gasteiger partial charge in [0.2, 0.25) is 0 Å². The van der Waals surface area contributed by atoms with Crippen LogP contribution in [-0.4, -0.2) is 33.8 Å². The molecule has 8 heteroatoms. The van der Waals surface area contributed by atoms with Crippen LogP contribution in [0.2, 0.25) is 0 Å². The van der Waals surface area contributed by atoms with Gasteiger partial charge in [0.1, 0.15) is 23.8 Å². The molecule has 0 aliphatic carbocycles. The molecule has 0 saturated carbocycles. The second kappa shape index (κ2) is 9.84. The molecule has 1 unspecified atom stereocenters. The van der Waals surface area contributed by atoms with Crippen LogP contribution in [0.25, 0.3) is 0 Å². The van der Waals surface area contributed by atoms with Crippen molar-refractivity contribution in [2.45, 2.75) is 46.2 Å². The number of guanidine groups is 1. The molecule has 26 heavy (non-hydrogen) atoms. The van der Waals surface area contributed by atoms with Crippen molar-refractivity contribution >= 4 is 5.96 Å². The molecule has 0 amide bonds. The van der Waals surface area contributed by atoms with Crippen molar-refractivity contribution in [1.29, 1.82) is 0 Å². The summed E-state index contributed by atoms with van der Waals surface area (Å²) in [5, 5.41) is 14.4. The fourth-order valence-corrected chi connectivity index (χ4v) is 2.55. The molecule has 0 aliphatic rings. The van der Waals surface area contributed by atoms with Crippen LogP contribution in [0.15, 0.2) is 29.5 Å². The van der Waals surface area contributed by atoms with Crippen LogP contribution < -0.4 is 10.6 Å². The molecule has 1 heterocycles. The number of aromatic nitrogens is 3. The number of benzene rings is 1. The Bertz CT molecular complexity index is 728. The van der Waals surface area contributed by atoms with Gasteiger partial charge in [-0.1, -0.05) is 19.9 Å². The minimum absolute atomic E-state index is 0.347. The zero-order valence-electron chi connectivity index (χ0n) is 15.5.